The van der Waals surface area contributed by atoms with Crippen LogP contribution in [0.4, 0.5) is 0 Å². The van der Waals surface area contributed by atoms with Gasteiger partial charge < -0.3 is 19.3 Å². The molecule has 0 amide bonds. The van der Waals surface area contributed by atoms with Gasteiger partial charge in [-0.15, -0.1) is 0 Å². The van der Waals surface area contributed by atoms with Crippen LogP contribution in [0.5, 0.6) is 23.0 Å². The molecule has 0 atom stereocenters. The predicted octanol–water partition coefficient (Wildman–Crippen LogP) is 3.78. The molecular weight excluding hydrogens is 308 g/mol. The molecule has 3 rings (SSSR count). The molecule has 3 aromatic rings. The van der Waals surface area contributed by atoms with Gasteiger partial charge in [0.25, 0.3) is 0 Å². The molecule has 122 valence electrons. The monoisotopic (exact) mass is 324 g/mol. The van der Waals surface area contributed by atoms with E-state index in [0.29, 0.717) is 22.8 Å². The lowest BCUT2D eigenvalue weighted by Gasteiger charge is -2.11. The summed E-state index contributed by atoms with van der Waals surface area (Å²) >= 11 is 0. The number of aromatic hydroxyl groups is 1. The predicted molar refractivity (Wildman–Crippen MR) is 90.1 cm³/mol. The van der Waals surface area contributed by atoms with Crippen molar-refractivity contribution in [1.29, 1.82) is 0 Å². The van der Waals surface area contributed by atoms with E-state index < -0.39 is 5.97 Å². The SMILES string of the molecule is COc1ccc(OC(=O)c2ccc3cc(O)ccc3c2)c(OC)c1. The van der Waals surface area contributed by atoms with Crippen LogP contribution in [-0.4, -0.2) is 25.3 Å². The number of fused-ring (bicyclic) bond motifs is 1. The van der Waals surface area contributed by atoms with Crippen LogP contribution in [0.3, 0.4) is 0 Å². The Balaban J connectivity index is 1.88. The number of carbonyl (C=O) groups excluding carboxylic acids is 1. The van der Waals surface area contributed by atoms with Gasteiger partial charge in [-0.1, -0.05) is 12.1 Å². The maximum atomic E-state index is 12.4. The molecule has 0 aliphatic rings. The summed E-state index contributed by atoms with van der Waals surface area (Å²) in [5.74, 6) is 1.02. The van der Waals surface area contributed by atoms with Crippen molar-refractivity contribution in [2.75, 3.05) is 14.2 Å². The summed E-state index contributed by atoms with van der Waals surface area (Å²) in [5, 5.41) is 11.2. The van der Waals surface area contributed by atoms with E-state index in [2.05, 4.69) is 0 Å². The fraction of sp³-hybridized carbons (Fsp3) is 0.105. The molecule has 0 heterocycles. The van der Waals surface area contributed by atoms with Gasteiger partial charge in [0.1, 0.15) is 11.5 Å². The molecule has 0 unspecified atom stereocenters. The van der Waals surface area contributed by atoms with Crippen LogP contribution in [0.15, 0.2) is 54.6 Å². The lowest BCUT2D eigenvalue weighted by Crippen LogP contribution is -2.09. The van der Waals surface area contributed by atoms with Crippen LogP contribution in [0.1, 0.15) is 10.4 Å². The van der Waals surface area contributed by atoms with Gasteiger partial charge >= 0.3 is 5.97 Å². The first-order chi connectivity index (χ1) is 11.6. The number of methoxy groups -OCH3 is 2. The minimum Gasteiger partial charge on any atom is -0.508 e. The first-order valence-electron chi connectivity index (χ1n) is 7.27. The number of esters is 1. The molecule has 0 aliphatic heterocycles. The van der Waals surface area contributed by atoms with Gasteiger partial charge in [0.2, 0.25) is 0 Å². The lowest BCUT2D eigenvalue weighted by atomic mass is 10.1. The molecule has 0 aromatic heterocycles. The summed E-state index contributed by atoms with van der Waals surface area (Å²) in [7, 11) is 3.04. The maximum absolute atomic E-state index is 12.4. The highest BCUT2D eigenvalue weighted by molar-refractivity contribution is 5.96. The lowest BCUT2D eigenvalue weighted by molar-refractivity contribution is 0.0729. The Morgan fingerprint density at radius 3 is 2.33 bits per heavy atom. The Hall–Kier alpha value is -3.21. The van der Waals surface area contributed by atoms with Crippen molar-refractivity contribution in [3.63, 3.8) is 0 Å². The number of benzene rings is 3. The summed E-state index contributed by atoms with van der Waals surface area (Å²) in [5.41, 5.74) is 0.408. The third-order valence-corrected chi connectivity index (χ3v) is 3.63. The number of hydrogen-bond acceptors (Lipinski definition) is 5. The van der Waals surface area contributed by atoms with Crippen LogP contribution >= 0.6 is 0 Å². The highest BCUT2D eigenvalue weighted by atomic mass is 16.6. The van der Waals surface area contributed by atoms with Gasteiger partial charge in [-0.25, -0.2) is 4.79 Å². The molecule has 24 heavy (non-hydrogen) atoms. The molecule has 5 heteroatoms. The molecule has 0 fully saturated rings. The average Bonchev–Trinajstić information content (AvgIpc) is 2.61. The number of rotatable bonds is 4. The highest BCUT2D eigenvalue weighted by Crippen LogP contribution is 2.32. The van der Waals surface area contributed by atoms with Crippen LogP contribution in [0.2, 0.25) is 0 Å². The Bertz CT molecular complexity index is 901. The van der Waals surface area contributed by atoms with E-state index in [9.17, 15) is 9.90 Å². The van der Waals surface area contributed by atoms with E-state index >= 15 is 0 Å². The largest absolute Gasteiger partial charge is 0.508 e. The van der Waals surface area contributed by atoms with Gasteiger partial charge in [0.05, 0.1) is 19.8 Å². The Morgan fingerprint density at radius 2 is 1.58 bits per heavy atom. The number of ether oxygens (including phenoxy) is 3. The van der Waals surface area contributed by atoms with Crippen molar-refractivity contribution in [2.45, 2.75) is 0 Å². The minimum atomic E-state index is -0.492. The van der Waals surface area contributed by atoms with E-state index in [1.807, 2.05) is 0 Å². The van der Waals surface area contributed by atoms with Crippen molar-refractivity contribution in [2.24, 2.45) is 0 Å². The molecular formula is C19H16O5. The summed E-state index contributed by atoms with van der Waals surface area (Å²) in [6, 6.07) is 15.0. The van der Waals surface area contributed by atoms with Gasteiger partial charge in [0.15, 0.2) is 11.5 Å². The zero-order chi connectivity index (χ0) is 17.1. The number of phenolic OH excluding ortho intramolecular Hbond substituents is 1. The fourth-order valence-electron chi connectivity index (χ4n) is 2.38. The highest BCUT2D eigenvalue weighted by Gasteiger charge is 2.14. The van der Waals surface area contributed by atoms with E-state index in [1.165, 1.54) is 7.11 Å². The van der Waals surface area contributed by atoms with E-state index in [1.54, 1.807) is 61.7 Å². The van der Waals surface area contributed by atoms with Crippen molar-refractivity contribution in [1.82, 2.24) is 0 Å². The van der Waals surface area contributed by atoms with Gasteiger partial charge in [-0.3, -0.25) is 0 Å². The Labute approximate surface area is 139 Å². The molecule has 1 N–H and O–H groups in total. The first-order valence-corrected chi connectivity index (χ1v) is 7.27. The van der Waals surface area contributed by atoms with Crippen LogP contribution < -0.4 is 14.2 Å². The van der Waals surface area contributed by atoms with Crippen LogP contribution in [0.25, 0.3) is 10.8 Å². The summed E-state index contributed by atoms with van der Waals surface area (Å²) in [4.78, 5) is 12.4. The Kier molecular flexibility index (Phi) is 4.24. The van der Waals surface area contributed by atoms with E-state index in [-0.39, 0.29) is 5.75 Å². The van der Waals surface area contributed by atoms with Crippen molar-refractivity contribution < 1.29 is 24.1 Å². The molecule has 0 saturated carbocycles. The topological polar surface area (TPSA) is 65.0 Å². The minimum absolute atomic E-state index is 0.181. The second-order valence-electron chi connectivity index (χ2n) is 5.15. The van der Waals surface area contributed by atoms with Gasteiger partial charge in [-0.2, -0.15) is 0 Å². The number of phenols is 1. The molecule has 0 bridgehead atoms. The van der Waals surface area contributed by atoms with Crippen molar-refractivity contribution >= 4 is 16.7 Å². The van der Waals surface area contributed by atoms with Gasteiger partial charge in [0, 0.05) is 6.07 Å². The summed E-state index contributed by atoms with van der Waals surface area (Å²) in [6.07, 6.45) is 0. The van der Waals surface area contributed by atoms with E-state index in [0.717, 1.165) is 10.8 Å². The van der Waals surface area contributed by atoms with E-state index in [4.69, 9.17) is 14.2 Å². The molecule has 5 nitrogen and oxygen atoms in total. The zero-order valence-electron chi connectivity index (χ0n) is 13.3. The second-order valence-corrected chi connectivity index (χ2v) is 5.15. The quantitative estimate of drug-likeness (QED) is 0.584. The third-order valence-electron chi connectivity index (χ3n) is 3.63. The summed E-state index contributed by atoms with van der Waals surface area (Å²) < 4.78 is 15.8. The fourth-order valence-corrected chi connectivity index (χ4v) is 2.38. The normalized spacial score (nSPS) is 10.4. The van der Waals surface area contributed by atoms with Crippen molar-refractivity contribution in [3.05, 3.63) is 60.2 Å². The molecule has 0 saturated heterocycles. The van der Waals surface area contributed by atoms with Crippen LogP contribution in [-0.2, 0) is 0 Å². The average molecular weight is 324 g/mol. The van der Waals surface area contributed by atoms with Crippen LogP contribution in [0, 0.1) is 0 Å². The number of carbonyl (C=O) groups is 1. The Morgan fingerprint density at radius 1 is 0.833 bits per heavy atom. The summed E-state index contributed by atoms with van der Waals surface area (Å²) in [6.45, 7) is 0. The molecule has 3 aromatic carbocycles. The maximum Gasteiger partial charge on any atom is 0.343 e. The zero-order valence-corrected chi connectivity index (χ0v) is 13.3. The smallest absolute Gasteiger partial charge is 0.343 e. The third kappa shape index (κ3) is 3.10. The molecule has 0 aliphatic carbocycles. The van der Waals surface area contributed by atoms with Gasteiger partial charge in [-0.05, 0) is 47.2 Å². The molecule has 0 radical (unpaired) electrons. The first kappa shape index (κ1) is 15.7. The van der Waals surface area contributed by atoms with Crippen molar-refractivity contribution in [3.8, 4) is 23.0 Å². The standard InChI is InChI=1S/C19H16O5/c1-22-16-7-8-17(18(11-16)23-2)24-19(21)14-4-3-13-10-15(20)6-5-12(13)9-14/h3-11,20H,1-2H3. The number of hydrogen-bond donors (Lipinski definition) is 1. The molecule has 0 spiro atoms. The second kappa shape index (κ2) is 6.50.